The number of halogens is 2. The zero-order valence-electron chi connectivity index (χ0n) is 14.1. The summed E-state index contributed by atoms with van der Waals surface area (Å²) in [6.45, 7) is 5.88. The third-order valence-electron chi connectivity index (χ3n) is 3.33. The van der Waals surface area contributed by atoms with Crippen molar-refractivity contribution < 1.29 is 4.39 Å². The van der Waals surface area contributed by atoms with E-state index in [2.05, 4.69) is 20.6 Å². The molecule has 0 saturated carbocycles. The van der Waals surface area contributed by atoms with Crippen molar-refractivity contribution in [3.05, 3.63) is 65.2 Å². The van der Waals surface area contributed by atoms with Crippen LogP contribution in [0.25, 0.3) is 0 Å². The fourth-order valence-corrected chi connectivity index (χ4v) is 2.21. The molecule has 0 radical (unpaired) electrons. The van der Waals surface area contributed by atoms with Gasteiger partial charge in [-0.05, 0) is 44.0 Å². The summed E-state index contributed by atoms with van der Waals surface area (Å²) in [5, 5.41) is 6.41. The quantitative estimate of drug-likeness (QED) is 0.410. The molecule has 0 saturated heterocycles. The predicted octanol–water partition coefficient (Wildman–Crippen LogP) is 3.44. The summed E-state index contributed by atoms with van der Waals surface area (Å²) in [6.07, 6.45) is 0.611. The summed E-state index contributed by atoms with van der Waals surface area (Å²) in [6, 6.07) is 12.7. The van der Waals surface area contributed by atoms with E-state index in [1.165, 1.54) is 6.07 Å². The third-order valence-corrected chi connectivity index (χ3v) is 3.33. The monoisotopic (exact) mass is 442 g/mol. The molecule has 0 bridgehead atoms. The molecule has 6 heteroatoms. The van der Waals surface area contributed by atoms with Crippen LogP contribution in [0.1, 0.15) is 23.9 Å². The lowest BCUT2D eigenvalue weighted by Crippen LogP contribution is -2.38. The van der Waals surface area contributed by atoms with E-state index in [0.29, 0.717) is 31.0 Å². The Kier molecular flexibility index (Phi) is 9.29. The van der Waals surface area contributed by atoms with Crippen LogP contribution in [0.5, 0.6) is 0 Å². The Morgan fingerprint density at radius 3 is 2.62 bits per heavy atom. The van der Waals surface area contributed by atoms with Gasteiger partial charge in [-0.3, -0.25) is 4.98 Å². The van der Waals surface area contributed by atoms with Crippen LogP contribution in [0.2, 0.25) is 0 Å². The smallest absolute Gasteiger partial charge is 0.191 e. The van der Waals surface area contributed by atoms with Gasteiger partial charge in [-0.25, -0.2) is 9.38 Å². The number of aliphatic imine (C=N–C) groups is 1. The van der Waals surface area contributed by atoms with Crippen molar-refractivity contribution in [2.24, 2.45) is 4.99 Å². The van der Waals surface area contributed by atoms with Crippen LogP contribution in [0, 0.1) is 12.7 Å². The number of hydrogen-bond donors (Lipinski definition) is 2. The summed E-state index contributed by atoms with van der Waals surface area (Å²) < 4.78 is 13.6. The van der Waals surface area contributed by atoms with Crippen LogP contribution in [0.15, 0.2) is 47.5 Å². The molecular weight excluding hydrogens is 418 g/mol. The molecule has 4 nitrogen and oxygen atoms in total. The second-order valence-electron chi connectivity index (χ2n) is 5.23. The van der Waals surface area contributed by atoms with Gasteiger partial charge in [0.15, 0.2) is 5.96 Å². The first-order valence-electron chi connectivity index (χ1n) is 7.87. The molecule has 0 unspecified atom stereocenters. The van der Waals surface area contributed by atoms with Crippen LogP contribution >= 0.6 is 24.0 Å². The molecule has 1 heterocycles. The zero-order valence-corrected chi connectivity index (χ0v) is 16.4. The second kappa shape index (κ2) is 11.0. The number of pyridine rings is 1. The predicted molar refractivity (Wildman–Crippen MR) is 107 cm³/mol. The van der Waals surface area contributed by atoms with Crippen molar-refractivity contribution in [3.8, 4) is 0 Å². The minimum atomic E-state index is -0.166. The summed E-state index contributed by atoms with van der Waals surface area (Å²) >= 11 is 0. The molecule has 130 valence electrons. The molecule has 2 N–H and O–H groups in total. The minimum Gasteiger partial charge on any atom is -0.357 e. The topological polar surface area (TPSA) is 49.3 Å². The number of aryl methyl sites for hydroxylation is 1. The molecule has 24 heavy (non-hydrogen) atoms. The average molecular weight is 442 g/mol. The molecule has 0 amide bonds. The van der Waals surface area contributed by atoms with Crippen LogP contribution in [-0.2, 0) is 13.0 Å². The van der Waals surface area contributed by atoms with Gasteiger partial charge in [-0.1, -0.05) is 24.3 Å². The van der Waals surface area contributed by atoms with Gasteiger partial charge < -0.3 is 10.6 Å². The highest BCUT2D eigenvalue weighted by Crippen LogP contribution is 2.06. The largest absolute Gasteiger partial charge is 0.357 e. The minimum absolute atomic E-state index is 0. The molecule has 1 aromatic carbocycles. The van der Waals surface area contributed by atoms with Gasteiger partial charge >= 0.3 is 0 Å². The number of rotatable bonds is 6. The van der Waals surface area contributed by atoms with Crippen molar-refractivity contribution in [3.63, 3.8) is 0 Å². The lowest BCUT2D eigenvalue weighted by Gasteiger charge is -2.11. The van der Waals surface area contributed by atoms with Gasteiger partial charge in [0, 0.05) is 18.8 Å². The Balaban J connectivity index is 0.00000288. The van der Waals surface area contributed by atoms with Crippen LogP contribution in [0.4, 0.5) is 4.39 Å². The molecular formula is C18H24FIN4. The zero-order chi connectivity index (χ0) is 16.5. The molecule has 0 atom stereocenters. The van der Waals surface area contributed by atoms with Gasteiger partial charge in [0.1, 0.15) is 5.82 Å². The first-order chi connectivity index (χ1) is 11.2. The molecule has 0 aliphatic rings. The van der Waals surface area contributed by atoms with Gasteiger partial charge in [0.2, 0.25) is 0 Å². The number of benzene rings is 1. The Hall–Kier alpha value is -1.70. The van der Waals surface area contributed by atoms with E-state index in [9.17, 15) is 4.39 Å². The second-order valence-corrected chi connectivity index (χ2v) is 5.23. The van der Waals surface area contributed by atoms with Crippen LogP contribution in [-0.4, -0.2) is 24.0 Å². The summed E-state index contributed by atoms with van der Waals surface area (Å²) in [4.78, 5) is 8.95. The number of nitrogens with one attached hydrogen (secondary N) is 2. The Bertz CT molecular complexity index is 661. The maximum atomic E-state index is 13.6. The molecule has 0 aliphatic carbocycles. The number of aromatic nitrogens is 1. The van der Waals surface area contributed by atoms with Crippen molar-refractivity contribution in [2.45, 2.75) is 26.8 Å². The third kappa shape index (κ3) is 6.82. The molecule has 0 fully saturated rings. The van der Waals surface area contributed by atoms with E-state index >= 15 is 0 Å². The van der Waals surface area contributed by atoms with Gasteiger partial charge in [-0.15, -0.1) is 24.0 Å². The molecule has 2 rings (SSSR count). The van der Waals surface area contributed by atoms with Crippen LogP contribution < -0.4 is 10.6 Å². The number of nitrogens with zero attached hydrogens (tertiary/aromatic N) is 2. The lowest BCUT2D eigenvalue weighted by atomic mass is 10.1. The standard InChI is InChI=1S/C18H23FN4.HI/c1-3-20-18(22-13-16-9-6-7-14(2)23-16)21-12-11-15-8-4-5-10-17(15)19;/h4-10H,3,11-13H2,1-2H3,(H2,20,21,22);1H. The Labute approximate surface area is 160 Å². The van der Waals surface area contributed by atoms with Crippen molar-refractivity contribution in [1.29, 1.82) is 0 Å². The van der Waals surface area contributed by atoms with Gasteiger partial charge in [0.05, 0.1) is 12.2 Å². The maximum Gasteiger partial charge on any atom is 0.191 e. The van der Waals surface area contributed by atoms with Crippen molar-refractivity contribution in [2.75, 3.05) is 13.1 Å². The Morgan fingerprint density at radius 2 is 1.92 bits per heavy atom. The van der Waals surface area contributed by atoms with Crippen molar-refractivity contribution in [1.82, 2.24) is 15.6 Å². The maximum absolute atomic E-state index is 13.6. The lowest BCUT2D eigenvalue weighted by molar-refractivity contribution is 0.606. The number of hydrogen-bond acceptors (Lipinski definition) is 2. The van der Waals surface area contributed by atoms with Crippen molar-refractivity contribution >= 4 is 29.9 Å². The highest BCUT2D eigenvalue weighted by Gasteiger charge is 2.02. The van der Waals surface area contributed by atoms with E-state index in [1.54, 1.807) is 12.1 Å². The van der Waals surface area contributed by atoms with E-state index in [4.69, 9.17) is 0 Å². The summed E-state index contributed by atoms with van der Waals surface area (Å²) in [5.41, 5.74) is 2.61. The van der Waals surface area contributed by atoms with E-state index in [0.717, 1.165) is 17.9 Å². The van der Waals surface area contributed by atoms with E-state index < -0.39 is 0 Å². The average Bonchev–Trinajstić information content (AvgIpc) is 2.54. The molecule has 1 aromatic heterocycles. The Morgan fingerprint density at radius 1 is 1.12 bits per heavy atom. The molecule has 0 spiro atoms. The number of guanidine groups is 1. The summed E-state index contributed by atoms with van der Waals surface area (Å²) in [5.74, 6) is 0.548. The molecule has 2 aromatic rings. The van der Waals surface area contributed by atoms with E-state index in [-0.39, 0.29) is 29.8 Å². The fourth-order valence-electron chi connectivity index (χ4n) is 2.21. The normalized spacial score (nSPS) is 10.9. The highest BCUT2D eigenvalue weighted by atomic mass is 127. The SMILES string of the molecule is CCNC(=NCc1cccc(C)n1)NCCc1ccccc1F.I. The van der Waals surface area contributed by atoms with E-state index in [1.807, 2.05) is 38.1 Å². The highest BCUT2D eigenvalue weighted by molar-refractivity contribution is 14.0. The van der Waals surface area contributed by atoms with Gasteiger partial charge in [0.25, 0.3) is 0 Å². The summed E-state index contributed by atoms with van der Waals surface area (Å²) in [7, 11) is 0. The molecule has 0 aliphatic heterocycles. The first-order valence-corrected chi connectivity index (χ1v) is 7.87. The first kappa shape index (κ1) is 20.3. The van der Waals surface area contributed by atoms with Gasteiger partial charge in [-0.2, -0.15) is 0 Å². The van der Waals surface area contributed by atoms with Crippen LogP contribution in [0.3, 0.4) is 0 Å². The fraction of sp³-hybridized carbons (Fsp3) is 0.333.